The number of rotatable bonds is 6. The summed E-state index contributed by atoms with van der Waals surface area (Å²) in [5.41, 5.74) is 3.81. The monoisotopic (exact) mass is 454 g/mol. The number of hydrogen-bond acceptors (Lipinski definition) is 3. The summed E-state index contributed by atoms with van der Waals surface area (Å²) in [7, 11) is -3.97. The lowest BCUT2D eigenvalue weighted by Gasteiger charge is -2.27. The maximum Gasteiger partial charge on any atom is 0.243 e. The maximum atomic E-state index is 13.9. The Labute approximate surface area is 180 Å². The van der Waals surface area contributed by atoms with Gasteiger partial charge in [0.15, 0.2) is 0 Å². The smallest absolute Gasteiger partial charge is 0.243 e. The molecule has 1 aliphatic heterocycles. The van der Waals surface area contributed by atoms with E-state index < -0.39 is 20.7 Å². The zero-order valence-electron chi connectivity index (χ0n) is 15.7. The van der Waals surface area contributed by atoms with Crippen LogP contribution in [0, 0.1) is 5.82 Å². The molecule has 4 nitrogen and oxygen atoms in total. The van der Waals surface area contributed by atoms with E-state index >= 15 is 0 Å². The molecule has 0 saturated heterocycles. The lowest BCUT2D eigenvalue weighted by molar-refractivity contribution is 0.555. The third kappa shape index (κ3) is 5.01. The van der Waals surface area contributed by atoms with Crippen LogP contribution in [0.2, 0.25) is 10.0 Å². The fourth-order valence-corrected chi connectivity index (χ4v) is 4.69. The van der Waals surface area contributed by atoms with Crippen LogP contribution in [-0.4, -0.2) is 21.5 Å². The van der Waals surface area contributed by atoms with E-state index in [4.69, 9.17) is 23.2 Å². The van der Waals surface area contributed by atoms with Crippen LogP contribution in [0.25, 0.3) is 0 Å². The quantitative estimate of drug-likeness (QED) is 0.600. The normalized spacial score (nSPS) is 14.7. The number of sulfonamides is 1. The summed E-state index contributed by atoms with van der Waals surface area (Å²) in [6, 6.07) is 9.19. The number of nitrogens with one attached hydrogen (secondary N) is 1. The predicted octanol–water partition coefficient (Wildman–Crippen LogP) is 5.32. The Balaban J connectivity index is 1.70. The molecule has 29 heavy (non-hydrogen) atoms. The molecule has 0 radical (unpaired) electrons. The van der Waals surface area contributed by atoms with Gasteiger partial charge in [-0.1, -0.05) is 42.4 Å². The number of nitrogens with zero attached hydrogens (tertiary/aromatic N) is 1. The van der Waals surface area contributed by atoms with Crippen molar-refractivity contribution >= 4 is 38.9 Å². The van der Waals surface area contributed by atoms with Gasteiger partial charge in [-0.05, 0) is 60.7 Å². The number of benzene rings is 2. The van der Waals surface area contributed by atoms with Crippen molar-refractivity contribution in [3.05, 3.63) is 82.3 Å². The summed E-state index contributed by atoms with van der Waals surface area (Å²) in [5, 5.41) is 0.756. The Hall–Kier alpha value is -1.86. The molecule has 0 aromatic heterocycles. The zero-order valence-corrected chi connectivity index (χ0v) is 18.0. The molecule has 0 atom stereocenters. The molecular formula is C21H21Cl2FN2O2S. The highest BCUT2D eigenvalue weighted by Crippen LogP contribution is 2.35. The molecule has 3 rings (SSSR count). The Morgan fingerprint density at radius 2 is 1.76 bits per heavy atom. The topological polar surface area (TPSA) is 49.4 Å². The first-order valence-corrected chi connectivity index (χ1v) is 11.3. The molecule has 0 bridgehead atoms. The Morgan fingerprint density at radius 3 is 2.48 bits per heavy atom. The molecule has 8 heteroatoms. The molecule has 1 heterocycles. The second-order valence-corrected chi connectivity index (χ2v) is 9.41. The van der Waals surface area contributed by atoms with Crippen molar-refractivity contribution < 1.29 is 12.8 Å². The van der Waals surface area contributed by atoms with Crippen molar-refractivity contribution in [3.63, 3.8) is 0 Å². The number of allylic oxidation sites excluding steroid dienone is 1. The minimum absolute atomic E-state index is 0.135. The molecule has 0 saturated carbocycles. The van der Waals surface area contributed by atoms with E-state index in [-0.39, 0.29) is 11.6 Å². The highest BCUT2D eigenvalue weighted by atomic mass is 35.5. The van der Waals surface area contributed by atoms with Gasteiger partial charge in [-0.15, -0.1) is 0 Å². The van der Waals surface area contributed by atoms with E-state index in [1.807, 2.05) is 23.1 Å². The van der Waals surface area contributed by atoms with Gasteiger partial charge >= 0.3 is 0 Å². The van der Waals surface area contributed by atoms with E-state index in [1.165, 1.54) is 6.07 Å². The molecule has 154 valence electrons. The largest absolute Gasteiger partial charge is 0.341 e. The van der Waals surface area contributed by atoms with Crippen molar-refractivity contribution in [2.45, 2.75) is 24.2 Å². The Bertz CT molecular complexity index is 1070. The van der Waals surface area contributed by atoms with E-state index in [2.05, 4.69) is 17.9 Å². The molecule has 1 aliphatic rings. The highest BCUT2D eigenvalue weighted by Gasteiger charge is 2.22. The first-order valence-electron chi connectivity index (χ1n) is 9.07. The number of fused-ring (bicyclic) bond motifs is 1. The van der Waals surface area contributed by atoms with Crippen LogP contribution < -0.4 is 9.62 Å². The van der Waals surface area contributed by atoms with Gasteiger partial charge in [0, 0.05) is 34.5 Å². The third-order valence-electron chi connectivity index (χ3n) is 4.80. The fourth-order valence-electron chi connectivity index (χ4n) is 3.24. The van der Waals surface area contributed by atoms with Crippen molar-refractivity contribution in [2.24, 2.45) is 0 Å². The Morgan fingerprint density at radius 1 is 1.07 bits per heavy atom. The third-order valence-corrected chi connectivity index (χ3v) is 6.77. The molecule has 0 aliphatic carbocycles. The summed E-state index contributed by atoms with van der Waals surface area (Å²) < 4.78 is 41.1. The van der Waals surface area contributed by atoms with Gasteiger partial charge in [0.1, 0.15) is 10.7 Å². The van der Waals surface area contributed by atoms with Crippen molar-refractivity contribution in [1.29, 1.82) is 0 Å². The van der Waals surface area contributed by atoms with Crippen LogP contribution in [0.15, 0.2) is 65.7 Å². The molecule has 0 unspecified atom stereocenters. The molecule has 1 N–H and O–H groups in total. The van der Waals surface area contributed by atoms with E-state index in [0.29, 0.717) is 18.0 Å². The lowest BCUT2D eigenvalue weighted by Crippen LogP contribution is -2.30. The second kappa shape index (κ2) is 8.88. The van der Waals surface area contributed by atoms with E-state index in [9.17, 15) is 12.8 Å². The molecule has 0 spiro atoms. The number of halogens is 3. The van der Waals surface area contributed by atoms with Gasteiger partial charge in [0.05, 0.1) is 0 Å². The fraction of sp³-hybridized carbons (Fsp3) is 0.238. The van der Waals surface area contributed by atoms with Crippen LogP contribution in [0.4, 0.5) is 10.1 Å². The van der Waals surface area contributed by atoms with Gasteiger partial charge in [-0.2, -0.15) is 0 Å². The minimum atomic E-state index is -3.97. The first-order chi connectivity index (χ1) is 13.7. The number of aryl methyl sites for hydroxylation is 1. The summed E-state index contributed by atoms with van der Waals surface area (Å²) in [6.45, 7) is 8.89. The predicted molar refractivity (Wildman–Crippen MR) is 117 cm³/mol. The van der Waals surface area contributed by atoms with E-state index in [1.54, 1.807) is 0 Å². The minimum Gasteiger partial charge on any atom is -0.341 e. The lowest BCUT2D eigenvalue weighted by atomic mass is 10.1. The molecule has 0 amide bonds. The molecule has 2 aromatic carbocycles. The van der Waals surface area contributed by atoms with Gasteiger partial charge in [-0.3, -0.25) is 0 Å². The summed E-state index contributed by atoms with van der Waals surface area (Å²) in [6.07, 6.45) is 2.11. The van der Waals surface area contributed by atoms with Crippen LogP contribution in [0.1, 0.15) is 18.4 Å². The van der Waals surface area contributed by atoms with Gasteiger partial charge in [0.25, 0.3) is 0 Å². The van der Waals surface area contributed by atoms with Crippen molar-refractivity contribution in [2.75, 3.05) is 18.0 Å². The summed E-state index contributed by atoms with van der Waals surface area (Å²) in [4.78, 5) is 1.58. The van der Waals surface area contributed by atoms with Crippen LogP contribution in [0.3, 0.4) is 0 Å². The van der Waals surface area contributed by atoms with Crippen LogP contribution in [-0.2, 0) is 16.4 Å². The number of anilines is 1. The summed E-state index contributed by atoms with van der Waals surface area (Å²) >= 11 is 11.9. The summed E-state index contributed by atoms with van der Waals surface area (Å²) in [5.74, 6) is -0.884. The Kier molecular flexibility index (Phi) is 6.69. The van der Waals surface area contributed by atoms with Crippen LogP contribution >= 0.6 is 23.2 Å². The number of hydrogen-bond donors (Lipinski definition) is 1. The highest BCUT2D eigenvalue weighted by molar-refractivity contribution is 7.89. The molecule has 2 aromatic rings. The second-order valence-electron chi connectivity index (χ2n) is 6.80. The average Bonchev–Trinajstić information content (AvgIpc) is 2.76. The van der Waals surface area contributed by atoms with Crippen molar-refractivity contribution in [1.82, 2.24) is 4.72 Å². The first kappa shape index (κ1) is 21.8. The zero-order chi connectivity index (χ0) is 21.2. The van der Waals surface area contributed by atoms with Gasteiger partial charge in [0.2, 0.25) is 10.0 Å². The standard InChI is InChI=1S/C21H21Cl2FN2O2S/c1-14-4-5-16-6-7-18(23)13-20(16)26(15(14)2)11-3-10-25-29(27,28)21-9-8-17(22)12-19(21)24/h6-9,12-13,25H,1-5,10-11H2. The van der Waals surface area contributed by atoms with Gasteiger partial charge < -0.3 is 4.90 Å². The SMILES string of the molecule is C=C1CCc2ccc(Cl)cc2N(CCCNS(=O)(=O)c2ccc(Cl)cc2F)C1=C. The van der Waals surface area contributed by atoms with Gasteiger partial charge in [-0.25, -0.2) is 17.5 Å². The maximum absolute atomic E-state index is 13.9. The van der Waals surface area contributed by atoms with Crippen molar-refractivity contribution in [3.8, 4) is 0 Å². The van der Waals surface area contributed by atoms with Crippen LogP contribution in [0.5, 0.6) is 0 Å². The molecular weight excluding hydrogens is 434 g/mol. The van der Waals surface area contributed by atoms with E-state index in [0.717, 1.165) is 47.5 Å². The molecule has 0 fully saturated rings. The average molecular weight is 455 g/mol.